The van der Waals surface area contributed by atoms with Gasteiger partial charge in [0.25, 0.3) is 0 Å². The molecule has 0 aliphatic rings. The molecule has 8 nitrogen and oxygen atoms in total. The van der Waals surface area contributed by atoms with E-state index in [2.05, 4.69) is 15.2 Å². The number of alkyl halides is 3. The topological polar surface area (TPSA) is 79.8 Å². The second-order valence-electron chi connectivity index (χ2n) is 10.8. The van der Waals surface area contributed by atoms with Gasteiger partial charge in [-0.2, -0.15) is 13.2 Å². The first-order chi connectivity index (χ1) is 18.6. The minimum absolute atomic E-state index is 0.00304. The van der Waals surface area contributed by atoms with Crippen LogP contribution in [0.4, 0.5) is 17.6 Å². The smallest absolute Gasteiger partial charge is 0.404 e. The normalized spacial score (nSPS) is 13.6. The number of nitrogens with zero attached hydrogens (tertiary/aromatic N) is 6. The summed E-state index contributed by atoms with van der Waals surface area (Å²) in [5.74, 6) is -0.406. The molecular formula is C26H29ClF4N6O2Si. The predicted molar refractivity (Wildman–Crippen MR) is 145 cm³/mol. The molecule has 0 aliphatic carbocycles. The van der Waals surface area contributed by atoms with Crippen LogP contribution in [-0.4, -0.2) is 49.7 Å². The molecule has 40 heavy (non-hydrogen) atoms. The summed E-state index contributed by atoms with van der Waals surface area (Å²) in [5.41, 5.74) is -0.268. The Morgan fingerprint density at radius 3 is 2.27 bits per heavy atom. The van der Waals surface area contributed by atoms with Crippen LogP contribution in [0.25, 0.3) is 17.1 Å². The number of halogens is 5. The quantitative estimate of drug-likeness (QED) is 0.182. The van der Waals surface area contributed by atoms with Crippen LogP contribution in [0.5, 0.6) is 0 Å². The molecule has 0 bridgehead atoms. The average Bonchev–Trinajstić information content (AvgIpc) is 3.43. The largest absolute Gasteiger partial charge is 0.415 e. The zero-order valence-electron chi connectivity index (χ0n) is 22.6. The number of aromatic nitrogens is 6. The minimum atomic E-state index is -4.74. The summed E-state index contributed by atoms with van der Waals surface area (Å²) in [6.07, 6.45) is -5.70. The third kappa shape index (κ3) is 6.37. The molecule has 2 heterocycles. The van der Waals surface area contributed by atoms with E-state index in [1.54, 1.807) is 43.4 Å². The van der Waals surface area contributed by atoms with Crippen LogP contribution < -0.4 is 5.69 Å². The zero-order chi connectivity index (χ0) is 29.5. The van der Waals surface area contributed by atoms with Crippen molar-refractivity contribution in [3.05, 3.63) is 82.0 Å². The lowest BCUT2D eigenvalue weighted by molar-refractivity contribution is -0.202. The Bertz CT molecular complexity index is 1540. The first-order valence-corrected chi connectivity index (χ1v) is 15.7. The molecule has 4 aromatic rings. The number of rotatable bonds is 8. The lowest BCUT2D eigenvalue weighted by atomic mass is 10.2. The predicted octanol–water partition coefficient (Wildman–Crippen LogP) is 6.09. The zero-order valence-corrected chi connectivity index (χ0v) is 24.3. The van der Waals surface area contributed by atoms with E-state index in [1.807, 2.05) is 20.8 Å². The fourth-order valence-electron chi connectivity index (χ4n) is 3.68. The molecule has 0 saturated heterocycles. The van der Waals surface area contributed by atoms with Crippen molar-refractivity contribution in [2.45, 2.75) is 64.3 Å². The lowest BCUT2D eigenvalue weighted by Crippen LogP contribution is -2.50. The molecule has 1 unspecified atom stereocenters. The van der Waals surface area contributed by atoms with Crippen molar-refractivity contribution in [3.8, 4) is 17.1 Å². The monoisotopic (exact) mass is 596 g/mol. The van der Waals surface area contributed by atoms with Crippen molar-refractivity contribution < 1.29 is 22.0 Å². The molecular weight excluding hydrogens is 568 g/mol. The fourth-order valence-corrected chi connectivity index (χ4v) is 5.08. The van der Waals surface area contributed by atoms with Crippen LogP contribution in [0.15, 0.2) is 59.7 Å². The fraction of sp³-hybridized carbons (Fsp3) is 0.385. The van der Waals surface area contributed by atoms with E-state index in [1.165, 1.54) is 29.2 Å². The van der Waals surface area contributed by atoms with Crippen LogP contribution in [-0.2, 0) is 17.5 Å². The molecule has 2 aromatic heterocycles. The highest BCUT2D eigenvalue weighted by Gasteiger charge is 2.48. The molecule has 0 radical (unpaired) electrons. The van der Waals surface area contributed by atoms with Gasteiger partial charge in [0.1, 0.15) is 24.4 Å². The highest BCUT2D eigenvalue weighted by atomic mass is 35.5. The first kappa shape index (κ1) is 29.7. The van der Waals surface area contributed by atoms with Crippen molar-refractivity contribution in [2.24, 2.45) is 0 Å². The van der Waals surface area contributed by atoms with Crippen molar-refractivity contribution in [1.29, 1.82) is 0 Å². The maximum absolute atomic E-state index is 14.3. The van der Waals surface area contributed by atoms with Gasteiger partial charge in [-0.05, 0) is 54.5 Å². The van der Waals surface area contributed by atoms with E-state index in [0.29, 0.717) is 10.6 Å². The Morgan fingerprint density at radius 2 is 1.68 bits per heavy atom. The summed E-state index contributed by atoms with van der Waals surface area (Å²) >= 11 is 6.00. The number of hydrogen-bond donors (Lipinski definition) is 0. The Hall–Kier alpha value is -3.29. The lowest BCUT2D eigenvalue weighted by Gasteiger charge is -2.39. The average molecular weight is 597 g/mol. The maximum atomic E-state index is 14.3. The molecule has 0 fully saturated rings. The van der Waals surface area contributed by atoms with Gasteiger partial charge >= 0.3 is 11.9 Å². The van der Waals surface area contributed by atoms with Gasteiger partial charge < -0.3 is 4.43 Å². The van der Waals surface area contributed by atoms with Crippen molar-refractivity contribution in [3.63, 3.8) is 0 Å². The summed E-state index contributed by atoms with van der Waals surface area (Å²) in [7, 11) is -2.87. The van der Waals surface area contributed by atoms with Crippen LogP contribution >= 0.6 is 11.6 Å². The molecule has 0 spiro atoms. The van der Waals surface area contributed by atoms with E-state index >= 15 is 0 Å². The van der Waals surface area contributed by atoms with E-state index in [-0.39, 0.29) is 23.9 Å². The van der Waals surface area contributed by atoms with Gasteiger partial charge in [0.05, 0.1) is 6.54 Å². The van der Waals surface area contributed by atoms with Gasteiger partial charge in [-0.3, -0.25) is 4.57 Å². The Morgan fingerprint density at radius 1 is 1.02 bits per heavy atom. The van der Waals surface area contributed by atoms with Crippen LogP contribution in [0.3, 0.4) is 0 Å². The van der Waals surface area contributed by atoms with Crippen molar-refractivity contribution >= 4 is 19.9 Å². The third-order valence-corrected chi connectivity index (χ3v) is 11.6. The van der Waals surface area contributed by atoms with Gasteiger partial charge in [0, 0.05) is 10.6 Å². The summed E-state index contributed by atoms with van der Waals surface area (Å²) < 4.78 is 65.9. The van der Waals surface area contributed by atoms with E-state index in [0.717, 1.165) is 9.25 Å². The van der Waals surface area contributed by atoms with Crippen LogP contribution in [0.2, 0.25) is 23.2 Å². The second-order valence-corrected chi connectivity index (χ2v) is 16.0. The molecule has 0 N–H and O–H groups in total. The summed E-state index contributed by atoms with van der Waals surface area (Å²) in [6, 6.07) is 12.2. The highest BCUT2D eigenvalue weighted by Crippen LogP contribution is 2.40. The first-order valence-electron chi connectivity index (χ1n) is 12.4. The Labute approximate surface area is 234 Å². The molecule has 4 rings (SSSR count). The molecule has 14 heteroatoms. The van der Waals surface area contributed by atoms with Crippen molar-refractivity contribution in [1.82, 2.24) is 29.1 Å². The summed E-state index contributed by atoms with van der Waals surface area (Å²) in [4.78, 5) is 17.6. The summed E-state index contributed by atoms with van der Waals surface area (Å²) in [6.45, 7) is 7.89. The van der Waals surface area contributed by atoms with Gasteiger partial charge in [0.2, 0.25) is 0 Å². The SMILES string of the molecule is CC(C)(C)[Si](C)(C)OC(Cn1c(-c2ccc(Cl)cc2)nn(Cc2ncn(-c3ccccc3F)n2)c1=O)C(F)(F)F. The molecule has 0 amide bonds. The van der Waals surface area contributed by atoms with Gasteiger partial charge in [-0.15, -0.1) is 10.2 Å². The summed E-state index contributed by atoms with van der Waals surface area (Å²) in [5, 5.41) is 8.47. The van der Waals surface area contributed by atoms with Crippen LogP contribution in [0.1, 0.15) is 26.6 Å². The van der Waals surface area contributed by atoms with Gasteiger partial charge in [0.15, 0.2) is 26.1 Å². The second kappa shape index (κ2) is 10.9. The Kier molecular flexibility index (Phi) is 8.12. The Balaban J connectivity index is 1.74. The minimum Gasteiger partial charge on any atom is -0.404 e. The van der Waals surface area contributed by atoms with E-state index in [9.17, 15) is 22.4 Å². The molecule has 1 atom stereocenters. The number of hydrogen-bond acceptors (Lipinski definition) is 5. The van der Waals surface area contributed by atoms with Gasteiger partial charge in [-0.25, -0.2) is 23.5 Å². The molecule has 0 saturated carbocycles. The highest BCUT2D eigenvalue weighted by molar-refractivity contribution is 6.74. The standard InChI is InChI=1S/C26H29ClF4N6O2Si/c1-25(2,3)40(4,5)39-21(26(29,30)31)14-35-23(17-10-12-18(27)13-11-17)34-36(24(35)38)15-22-32-16-37(33-22)20-9-7-6-8-19(20)28/h6-13,16,21H,14-15H2,1-5H3. The van der Waals surface area contributed by atoms with Crippen molar-refractivity contribution in [2.75, 3.05) is 0 Å². The van der Waals surface area contributed by atoms with E-state index < -0.39 is 43.7 Å². The van der Waals surface area contributed by atoms with Crippen LogP contribution in [0, 0.1) is 5.82 Å². The number of para-hydroxylation sites is 1. The number of benzene rings is 2. The van der Waals surface area contributed by atoms with E-state index in [4.69, 9.17) is 16.0 Å². The molecule has 2 aromatic carbocycles. The third-order valence-electron chi connectivity index (χ3n) is 6.91. The van der Waals surface area contributed by atoms with Gasteiger partial charge in [-0.1, -0.05) is 44.5 Å². The molecule has 214 valence electrons. The maximum Gasteiger partial charge on any atom is 0.415 e. The molecule has 0 aliphatic heterocycles.